The molecule has 0 aliphatic heterocycles. The van der Waals surface area contributed by atoms with Gasteiger partial charge in [-0.25, -0.2) is 5.43 Å². The Kier molecular flexibility index (Phi) is 7.67. The van der Waals surface area contributed by atoms with Gasteiger partial charge in [-0.3, -0.25) is 9.59 Å². The molecule has 1 aromatic rings. The Hall–Kier alpha value is -2.37. The summed E-state index contributed by atoms with van der Waals surface area (Å²) in [6.07, 6.45) is 2.33. The topological polar surface area (TPSA) is 79.8 Å². The number of amides is 2. The van der Waals surface area contributed by atoms with Crippen molar-refractivity contribution in [1.82, 2.24) is 5.43 Å². The molecule has 0 spiro atoms. The molecule has 0 aliphatic rings. The van der Waals surface area contributed by atoms with E-state index in [1.165, 1.54) is 0 Å². The Balaban J connectivity index is 2.48. The molecule has 0 bridgehead atoms. The monoisotopic (exact) mass is 305 g/mol. The predicted molar refractivity (Wildman–Crippen MR) is 87.0 cm³/mol. The average Bonchev–Trinajstić information content (AvgIpc) is 2.51. The predicted octanol–water partition coefficient (Wildman–Crippen LogP) is 2.71. The van der Waals surface area contributed by atoms with Gasteiger partial charge in [-0.1, -0.05) is 25.5 Å². The molecule has 2 amide bonds. The Morgan fingerprint density at radius 1 is 1.23 bits per heavy atom. The number of rotatable bonds is 8. The highest BCUT2D eigenvalue weighted by Crippen LogP contribution is 2.22. The summed E-state index contributed by atoms with van der Waals surface area (Å²) in [5.41, 5.74) is 3.60. The fraction of sp³-hybridized carbons (Fsp3) is 0.438. The van der Waals surface area contributed by atoms with Gasteiger partial charge in [0.2, 0.25) is 11.8 Å². The van der Waals surface area contributed by atoms with Crippen molar-refractivity contribution in [2.45, 2.75) is 39.5 Å². The van der Waals surface area contributed by atoms with Crippen molar-refractivity contribution in [2.75, 3.05) is 12.4 Å². The molecule has 2 N–H and O–H groups in total. The van der Waals surface area contributed by atoms with E-state index in [-0.39, 0.29) is 18.2 Å². The van der Waals surface area contributed by atoms with Gasteiger partial charge in [-0.05, 0) is 25.5 Å². The number of hydrogen-bond acceptors (Lipinski definition) is 4. The number of ether oxygens (including phenoxy) is 1. The normalized spacial score (nSPS) is 11.0. The minimum Gasteiger partial charge on any atom is -0.495 e. The second kappa shape index (κ2) is 9.55. The standard InChI is InChI=1S/C16H23N3O3/c1-4-5-10-15(20)19-18-12(2)11-16(21)17-13-8-6-7-9-14(13)22-3/h6-9H,4-5,10-11H2,1-3H3,(H,17,21)(H,19,20)/b18-12+. The first-order valence-corrected chi connectivity index (χ1v) is 7.31. The molecule has 0 radical (unpaired) electrons. The molecule has 0 unspecified atom stereocenters. The molecule has 0 fully saturated rings. The minimum atomic E-state index is -0.214. The maximum absolute atomic E-state index is 11.9. The zero-order valence-corrected chi connectivity index (χ0v) is 13.3. The van der Waals surface area contributed by atoms with E-state index in [1.54, 1.807) is 26.2 Å². The molecule has 1 aromatic carbocycles. The Labute approximate surface area is 130 Å². The summed E-state index contributed by atoms with van der Waals surface area (Å²) < 4.78 is 5.17. The number of hydrogen-bond donors (Lipinski definition) is 2. The second-order valence-corrected chi connectivity index (χ2v) is 4.91. The summed E-state index contributed by atoms with van der Waals surface area (Å²) in [6, 6.07) is 7.17. The number of nitrogens with one attached hydrogen (secondary N) is 2. The fourth-order valence-electron chi connectivity index (χ4n) is 1.77. The highest BCUT2D eigenvalue weighted by Gasteiger charge is 2.08. The molecule has 0 aliphatic carbocycles. The summed E-state index contributed by atoms with van der Waals surface area (Å²) in [5.74, 6) is 0.248. The highest BCUT2D eigenvalue weighted by molar-refractivity contribution is 6.06. The van der Waals surface area contributed by atoms with Gasteiger partial charge in [0.1, 0.15) is 5.75 Å². The number of unbranched alkanes of at least 4 members (excludes halogenated alkanes) is 1. The Morgan fingerprint density at radius 2 is 1.95 bits per heavy atom. The number of nitrogens with zero attached hydrogens (tertiary/aromatic N) is 1. The lowest BCUT2D eigenvalue weighted by Crippen LogP contribution is -2.21. The van der Waals surface area contributed by atoms with E-state index >= 15 is 0 Å². The van der Waals surface area contributed by atoms with Crippen LogP contribution in [0.15, 0.2) is 29.4 Å². The molecule has 22 heavy (non-hydrogen) atoms. The number of hydrazone groups is 1. The van der Waals surface area contributed by atoms with Crippen molar-refractivity contribution in [1.29, 1.82) is 0 Å². The average molecular weight is 305 g/mol. The Bertz CT molecular complexity index is 541. The number of methoxy groups -OCH3 is 1. The first-order chi connectivity index (χ1) is 10.6. The lowest BCUT2D eigenvalue weighted by molar-refractivity contribution is -0.121. The van der Waals surface area contributed by atoms with Gasteiger partial charge < -0.3 is 10.1 Å². The van der Waals surface area contributed by atoms with Crippen molar-refractivity contribution >= 4 is 23.2 Å². The number of carbonyl (C=O) groups excluding carboxylic acids is 2. The van der Waals surface area contributed by atoms with E-state index in [2.05, 4.69) is 15.8 Å². The maximum Gasteiger partial charge on any atom is 0.240 e. The first-order valence-electron chi connectivity index (χ1n) is 7.31. The van der Waals surface area contributed by atoms with E-state index in [0.717, 1.165) is 12.8 Å². The molecule has 6 nitrogen and oxygen atoms in total. The van der Waals surface area contributed by atoms with Gasteiger partial charge in [-0.15, -0.1) is 0 Å². The van der Waals surface area contributed by atoms with Gasteiger partial charge in [-0.2, -0.15) is 5.10 Å². The highest BCUT2D eigenvalue weighted by atomic mass is 16.5. The van der Waals surface area contributed by atoms with E-state index in [9.17, 15) is 9.59 Å². The summed E-state index contributed by atoms with van der Waals surface area (Å²) in [5, 5.41) is 6.68. The van der Waals surface area contributed by atoms with Crippen LogP contribution in [-0.2, 0) is 9.59 Å². The minimum absolute atomic E-state index is 0.103. The van der Waals surface area contributed by atoms with Gasteiger partial charge in [0.15, 0.2) is 0 Å². The first kappa shape index (κ1) is 17.7. The van der Waals surface area contributed by atoms with E-state index < -0.39 is 0 Å². The molecule has 6 heteroatoms. The largest absolute Gasteiger partial charge is 0.495 e. The number of carbonyl (C=O) groups is 2. The van der Waals surface area contributed by atoms with Crippen molar-refractivity contribution in [2.24, 2.45) is 5.10 Å². The van der Waals surface area contributed by atoms with Crippen LogP contribution in [0, 0.1) is 0 Å². The van der Waals surface area contributed by atoms with Crippen LogP contribution in [0.1, 0.15) is 39.5 Å². The van der Waals surface area contributed by atoms with Crippen LogP contribution >= 0.6 is 0 Å². The van der Waals surface area contributed by atoms with Crippen molar-refractivity contribution in [3.05, 3.63) is 24.3 Å². The van der Waals surface area contributed by atoms with E-state index in [1.807, 2.05) is 19.1 Å². The zero-order valence-electron chi connectivity index (χ0n) is 13.3. The van der Waals surface area contributed by atoms with Gasteiger partial charge in [0, 0.05) is 12.1 Å². The van der Waals surface area contributed by atoms with Crippen LogP contribution in [0.2, 0.25) is 0 Å². The van der Waals surface area contributed by atoms with Crippen molar-refractivity contribution in [3.63, 3.8) is 0 Å². The van der Waals surface area contributed by atoms with Gasteiger partial charge in [0.05, 0.1) is 19.2 Å². The van der Waals surface area contributed by atoms with E-state index in [4.69, 9.17) is 4.74 Å². The smallest absolute Gasteiger partial charge is 0.240 e. The third-order valence-corrected chi connectivity index (χ3v) is 2.93. The number of anilines is 1. The fourth-order valence-corrected chi connectivity index (χ4v) is 1.77. The van der Waals surface area contributed by atoms with Crippen LogP contribution in [0.3, 0.4) is 0 Å². The van der Waals surface area contributed by atoms with Crippen LogP contribution in [0.25, 0.3) is 0 Å². The quantitative estimate of drug-likeness (QED) is 0.572. The summed E-state index contributed by atoms with van der Waals surface area (Å²) in [6.45, 7) is 3.71. The number of para-hydroxylation sites is 2. The molecule has 0 saturated heterocycles. The second-order valence-electron chi connectivity index (χ2n) is 4.91. The molecule has 0 heterocycles. The summed E-state index contributed by atoms with van der Waals surface area (Å²) in [4.78, 5) is 23.4. The van der Waals surface area contributed by atoms with Crippen LogP contribution in [0.4, 0.5) is 5.69 Å². The zero-order chi connectivity index (χ0) is 16.4. The Morgan fingerprint density at radius 3 is 2.64 bits per heavy atom. The molecular weight excluding hydrogens is 282 g/mol. The third-order valence-electron chi connectivity index (χ3n) is 2.93. The summed E-state index contributed by atoms with van der Waals surface area (Å²) >= 11 is 0. The molecule has 1 rings (SSSR count). The van der Waals surface area contributed by atoms with Crippen LogP contribution < -0.4 is 15.5 Å². The SMILES string of the molecule is CCCCC(=O)N/N=C(\C)CC(=O)Nc1ccccc1OC. The van der Waals surface area contributed by atoms with Crippen LogP contribution in [0.5, 0.6) is 5.75 Å². The van der Waals surface area contributed by atoms with E-state index in [0.29, 0.717) is 23.6 Å². The number of benzene rings is 1. The van der Waals surface area contributed by atoms with Crippen molar-refractivity contribution < 1.29 is 14.3 Å². The molecular formula is C16H23N3O3. The van der Waals surface area contributed by atoms with Crippen LogP contribution in [-0.4, -0.2) is 24.6 Å². The van der Waals surface area contributed by atoms with Gasteiger partial charge >= 0.3 is 0 Å². The third kappa shape index (κ3) is 6.39. The molecule has 120 valence electrons. The summed E-state index contributed by atoms with van der Waals surface area (Å²) in [7, 11) is 1.55. The molecule has 0 atom stereocenters. The van der Waals surface area contributed by atoms with Crippen molar-refractivity contribution in [3.8, 4) is 5.75 Å². The molecule has 0 saturated carbocycles. The lowest BCUT2D eigenvalue weighted by Gasteiger charge is -2.09. The molecule has 0 aromatic heterocycles. The maximum atomic E-state index is 11.9. The van der Waals surface area contributed by atoms with Gasteiger partial charge in [0.25, 0.3) is 0 Å². The lowest BCUT2D eigenvalue weighted by atomic mass is 10.2.